The summed E-state index contributed by atoms with van der Waals surface area (Å²) in [7, 11) is 1.37. The second kappa shape index (κ2) is 8.89. The van der Waals surface area contributed by atoms with Crippen molar-refractivity contribution in [2.24, 2.45) is 5.92 Å². The molecular formula is C24H24ClNO4S. The summed E-state index contributed by atoms with van der Waals surface area (Å²) in [4.78, 5) is 27.6. The van der Waals surface area contributed by atoms with Crippen LogP contribution in [0, 0.1) is 12.8 Å². The number of thiophene rings is 1. The van der Waals surface area contributed by atoms with Gasteiger partial charge >= 0.3 is 5.97 Å². The molecule has 0 bridgehead atoms. The average molecular weight is 458 g/mol. The topological polar surface area (TPSA) is 64.6 Å². The van der Waals surface area contributed by atoms with Crippen LogP contribution in [0.2, 0.25) is 5.02 Å². The molecule has 1 N–H and O–H groups in total. The van der Waals surface area contributed by atoms with Crippen LogP contribution >= 0.6 is 22.9 Å². The van der Waals surface area contributed by atoms with Crippen LogP contribution in [0.5, 0.6) is 5.75 Å². The fraction of sp³-hybridized carbons (Fsp3) is 0.333. The van der Waals surface area contributed by atoms with Crippen LogP contribution in [0.3, 0.4) is 0 Å². The number of hydrogen-bond donors (Lipinski definition) is 1. The van der Waals surface area contributed by atoms with Crippen LogP contribution < -0.4 is 10.1 Å². The van der Waals surface area contributed by atoms with Crippen molar-refractivity contribution in [2.75, 3.05) is 7.11 Å². The molecule has 2 unspecified atom stereocenters. The molecule has 2 atom stereocenters. The number of carbonyl (C=O) groups excluding carboxylic acids is 2. The maximum atomic E-state index is 12.9. The fourth-order valence-corrected chi connectivity index (χ4v) is 5.55. The van der Waals surface area contributed by atoms with Gasteiger partial charge in [0.2, 0.25) is 0 Å². The highest BCUT2D eigenvalue weighted by Gasteiger charge is 2.44. The number of rotatable bonds is 5. The predicted molar refractivity (Wildman–Crippen MR) is 121 cm³/mol. The molecule has 0 saturated heterocycles. The van der Waals surface area contributed by atoms with E-state index >= 15 is 0 Å². The Balaban J connectivity index is 1.68. The smallest absolute Gasteiger partial charge is 0.315 e. The normalized spacial score (nSPS) is 20.9. The van der Waals surface area contributed by atoms with E-state index in [0.717, 1.165) is 39.6 Å². The van der Waals surface area contributed by atoms with Crippen LogP contribution in [-0.2, 0) is 20.9 Å². The molecule has 4 rings (SSSR count). The standard InChI is InChI=1S/C24H24ClNO4S/c1-13-21(24(28)29-3)23(22-18(26-13)5-4-6-19(22)27)20-11-15(14(2)31-20)12-30-17-9-7-16(25)8-10-17/h7-11,21,23,26H,1,4-6,12H2,2-3H3. The van der Waals surface area contributed by atoms with Gasteiger partial charge in [-0.2, -0.15) is 0 Å². The van der Waals surface area contributed by atoms with Gasteiger partial charge in [-0.3, -0.25) is 9.59 Å². The van der Waals surface area contributed by atoms with Gasteiger partial charge in [-0.15, -0.1) is 11.3 Å². The Kier molecular flexibility index (Phi) is 6.21. The molecule has 2 heterocycles. The van der Waals surface area contributed by atoms with Crippen molar-refractivity contribution in [2.45, 2.75) is 38.7 Å². The Morgan fingerprint density at radius 2 is 2.03 bits per heavy atom. The van der Waals surface area contributed by atoms with Crippen molar-refractivity contribution in [3.05, 3.63) is 74.2 Å². The number of methoxy groups -OCH3 is 1. The first-order chi connectivity index (χ1) is 14.9. The van der Waals surface area contributed by atoms with Crippen molar-refractivity contribution in [1.29, 1.82) is 0 Å². The highest BCUT2D eigenvalue weighted by atomic mass is 35.5. The van der Waals surface area contributed by atoms with Crippen LogP contribution in [0.1, 0.15) is 40.5 Å². The zero-order valence-electron chi connectivity index (χ0n) is 17.5. The van der Waals surface area contributed by atoms with Gasteiger partial charge in [0.1, 0.15) is 18.3 Å². The molecule has 162 valence electrons. The largest absolute Gasteiger partial charge is 0.489 e. The molecule has 0 radical (unpaired) electrons. The highest BCUT2D eigenvalue weighted by Crippen LogP contribution is 2.46. The third-order valence-corrected chi connectivity index (χ3v) is 7.22. The molecule has 1 aliphatic carbocycles. The number of benzene rings is 1. The first-order valence-corrected chi connectivity index (χ1v) is 11.4. The van der Waals surface area contributed by atoms with Gasteiger partial charge in [-0.05, 0) is 50.1 Å². The molecule has 0 saturated carbocycles. The van der Waals surface area contributed by atoms with Crippen molar-refractivity contribution in [3.8, 4) is 5.75 Å². The van der Waals surface area contributed by atoms with Gasteiger partial charge in [0.15, 0.2) is 5.78 Å². The molecule has 0 amide bonds. The second-order valence-corrected chi connectivity index (χ2v) is 9.49. The Hall–Kier alpha value is -2.57. The quantitative estimate of drug-likeness (QED) is 0.618. The molecule has 1 aliphatic heterocycles. The Labute approximate surface area is 190 Å². The molecule has 0 fully saturated rings. The third kappa shape index (κ3) is 4.27. The number of allylic oxidation sites excluding steroid dienone is 2. The molecule has 2 aliphatic rings. The lowest BCUT2D eigenvalue weighted by Crippen LogP contribution is -2.40. The number of nitrogens with one attached hydrogen (secondary N) is 1. The molecule has 7 heteroatoms. The minimum absolute atomic E-state index is 0.0881. The average Bonchev–Trinajstić information content (AvgIpc) is 3.12. The number of ketones is 1. The van der Waals surface area contributed by atoms with Crippen LogP contribution in [0.15, 0.2) is 53.9 Å². The number of Topliss-reactive ketones (excluding diaryl/α,β-unsaturated/α-hetero) is 1. The van der Waals surface area contributed by atoms with Gasteiger partial charge in [0.05, 0.1) is 7.11 Å². The summed E-state index contributed by atoms with van der Waals surface area (Å²) >= 11 is 7.52. The van der Waals surface area contributed by atoms with E-state index in [1.165, 1.54) is 7.11 Å². The minimum Gasteiger partial charge on any atom is -0.489 e. The number of halogens is 1. The second-order valence-electron chi connectivity index (χ2n) is 7.77. The summed E-state index contributed by atoms with van der Waals surface area (Å²) in [6.45, 7) is 6.49. The van der Waals surface area contributed by atoms with Gasteiger partial charge in [-0.25, -0.2) is 0 Å². The number of hydrogen-bond acceptors (Lipinski definition) is 6. The summed E-state index contributed by atoms with van der Waals surface area (Å²) in [6.07, 6.45) is 2.08. The molecule has 1 aromatic carbocycles. The molecule has 5 nitrogen and oxygen atoms in total. The SMILES string of the molecule is C=C1NC2=C(C(=O)CCC2)C(c2cc(COc3ccc(Cl)cc3)c(C)s2)C1C(=O)OC. The van der Waals surface area contributed by atoms with E-state index in [9.17, 15) is 9.59 Å². The first-order valence-electron chi connectivity index (χ1n) is 10.2. The summed E-state index contributed by atoms with van der Waals surface area (Å²) in [6, 6.07) is 9.27. The number of carbonyl (C=O) groups is 2. The van der Waals surface area contributed by atoms with Crippen molar-refractivity contribution in [1.82, 2.24) is 5.32 Å². The summed E-state index contributed by atoms with van der Waals surface area (Å²) in [5.41, 5.74) is 3.18. The fourth-order valence-electron chi connectivity index (χ4n) is 4.24. The molecule has 1 aromatic heterocycles. The van der Waals surface area contributed by atoms with Crippen LogP contribution in [0.25, 0.3) is 0 Å². The van der Waals surface area contributed by atoms with E-state index in [4.69, 9.17) is 21.1 Å². The van der Waals surface area contributed by atoms with Crippen LogP contribution in [-0.4, -0.2) is 18.9 Å². The number of aryl methyl sites for hydroxylation is 1. The van der Waals surface area contributed by atoms with E-state index in [1.807, 2.05) is 25.1 Å². The lowest BCUT2D eigenvalue weighted by molar-refractivity contribution is -0.144. The highest BCUT2D eigenvalue weighted by molar-refractivity contribution is 7.12. The lowest BCUT2D eigenvalue weighted by Gasteiger charge is -2.37. The van der Waals surface area contributed by atoms with E-state index in [-0.39, 0.29) is 5.78 Å². The van der Waals surface area contributed by atoms with E-state index < -0.39 is 17.8 Å². The van der Waals surface area contributed by atoms with Gasteiger partial charge in [-0.1, -0.05) is 18.2 Å². The van der Waals surface area contributed by atoms with Crippen molar-refractivity contribution >= 4 is 34.7 Å². The van der Waals surface area contributed by atoms with Crippen LogP contribution in [0.4, 0.5) is 0 Å². The maximum Gasteiger partial charge on any atom is 0.315 e. The van der Waals surface area contributed by atoms with Gasteiger partial charge in [0, 0.05) is 49.6 Å². The number of esters is 1. The Morgan fingerprint density at radius 3 is 2.74 bits per heavy atom. The monoisotopic (exact) mass is 457 g/mol. The van der Waals surface area contributed by atoms with Crippen molar-refractivity contribution in [3.63, 3.8) is 0 Å². The summed E-state index contributed by atoms with van der Waals surface area (Å²) < 4.78 is 11.0. The van der Waals surface area contributed by atoms with Crippen molar-refractivity contribution < 1.29 is 19.1 Å². The Bertz CT molecular complexity index is 1070. The van der Waals surface area contributed by atoms with E-state index in [2.05, 4.69) is 11.9 Å². The zero-order valence-corrected chi connectivity index (χ0v) is 19.1. The lowest BCUT2D eigenvalue weighted by atomic mass is 9.74. The first kappa shape index (κ1) is 21.7. The Morgan fingerprint density at radius 1 is 1.29 bits per heavy atom. The van der Waals surface area contributed by atoms with Gasteiger partial charge in [0.25, 0.3) is 0 Å². The summed E-state index contributed by atoms with van der Waals surface area (Å²) in [5, 5.41) is 3.87. The minimum atomic E-state index is -0.645. The molecule has 2 aromatic rings. The third-order valence-electron chi connectivity index (χ3n) is 5.80. The number of ether oxygens (including phenoxy) is 2. The van der Waals surface area contributed by atoms with E-state index in [1.54, 1.807) is 23.5 Å². The summed E-state index contributed by atoms with van der Waals surface area (Å²) in [5.74, 6) is -0.611. The maximum absolute atomic E-state index is 12.9. The zero-order chi connectivity index (χ0) is 22.1. The predicted octanol–water partition coefficient (Wildman–Crippen LogP) is 5.29. The molecular weight excluding hydrogens is 434 g/mol. The molecule has 0 spiro atoms. The van der Waals surface area contributed by atoms with E-state index in [0.29, 0.717) is 29.3 Å². The van der Waals surface area contributed by atoms with Gasteiger partial charge < -0.3 is 14.8 Å². The molecule has 31 heavy (non-hydrogen) atoms.